The molecule has 1 aromatic rings. The van der Waals surface area contributed by atoms with Crippen molar-refractivity contribution in [2.24, 2.45) is 0 Å². The topological polar surface area (TPSA) is 69.6 Å². The fourth-order valence-corrected chi connectivity index (χ4v) is 4.15. The van der Waals surface area contributed by atoms with E-state index in [1.54, 1.807) is 26.0 Å². The summed E-state index contributed by atoms with van der Waals surface area (Å²) in [7, 11) is -2.06. The molecule has 0 aromatic heterocycles. The van der Waals surface area contributed by atoms with Gasteiger partial charge in [0.05, 0.1) is 10.5 Å². The number of sulfonamides is 1. The van der Waals surface area contributed by atoms with Crippen LogP contribution in [0.2, 0.25) is 0 Å². The van der Waals surface area contributed by atoms with Crippen LogP contribution < -0.4 is 5.32 Å². The van der Waals surface area contributed by atoms with Gasteiger partial charge < -0.3 is 10.4 Å². The van der Waals surface area contributed by atoms with Gasteiger partial charge in [0.15, 0.2) is 0 Å². The Bertz CT molecular complexity index is 591. The van der Waals surface area contributed by atoms with Crippen LogP contribution in [0.25, 0.3) is 0 Å². The van der Waals surface area contributed by atoms with Crippen LogP contribution in [-0.4, -0.2) is 43.6 Å². The third kappa shape index (κ3) is 3.20. The first-order valence-electron chi connectivity index (χ1n) is 6.72. The smallest absolute Gasteiger partial charge is 0.243 e. The summed E-state index contributed by atoms with van der Waals surface area (Å²) in [4.78, 5) is 0.364. The number of nitrogens with one attached hydrogen (secondary N) is 1. The molecular formula is C14H22N2O3S. The number of benzene rings is 1. The highest BCUT2D eigenvalue weighted by Gasteiger charge is 2.29. The molecule has 112 valence electrons. The van der Waals surface area contributed by atoms with E-state index in [1.807, 2.05) is 6.07 Å². The normalized spacial score (nSPS) is 16.2. The van der Waals surface area contributed by atoms with Crippen LogP contribution in [0.3, 0.4) is 0 Å². The van der Waals surface area contributed by atoms with Gasteiger partial charge in [-0.1, -0.05) is 12.1 Å². The standard InChI is InChI=1S/C14H22N2O3S/c1-14(2,17)10-16(3)20(18,19)13-6-4-5-11-9-15-8-7-12(11)13/h4-6,15,17H,7-10H2,1-3H3. The minimum Gasteiger partial charge on any atom is -0.389 e. The lowest BCUT2D eigenvalue weighted by molar-refractivity contribution is 0.0640. The lowest BCUT2D eigenvalue weighted by Gasteiger charge is -2.27. The molecule has 0 bridgehead atoms. The van der Waals surface area contributed by atoms with Crippen LogP contribution in [0.5, 0.6) is 0 Å². The molecule has 0 unspecified atom stereocenters. The number of hydrogen-bond donors (Lipinski definition) is 2. The average Bonchev–Trinajstić information content (AvgIpc) is 2.36. The van der Waals surface area contributed by atoms with Crippen LogP contribution in [0.4, 0.5) is 0 Å². The number of hydrogen-bond acceptors (Lipinski definition) is 4. The molecule has 0 radical (unpaired) electrons. The third-order valence-corrected chi connectivity index (χ3v) is 5.28. The Morgan fingerprint density at radius 3 is 2.75 bits per heavy atom. The van der Waals surface area contributed by atoms with E-state index in [4.69, 9.17) is 0 Å². The zero-order chi connectivity index (χ0) is 15.0. The van der Waals surface area contributed by atoms with E-state index in [1.165, 1.54) is 11.4 Å². The van der Waals surface area contributed by atoms with Gasteiger partial charge in [0, 0.05) is 20.1 Å². The second kappa shape index (κ2) is 5.44. The minimum absolute atomic E-state index is 0.0667. The van der Waals surface area contributed by atoms with Crippen molar-refractivity contribution in [1.82, 2.24) is 9.62 Å². The summed E-state index contributed by atoms with van der Waals surface area (Å²) in [5.74, 6) is 0. The van der Waals surface area contributed by atoms with Gasteiger partial charge in [0.1, 0.15) is 0 Å². The van der Waals surface area contributed by atoms with E-state index in [0.717, 1.165) is 17.7 Å². The highest BCUT2D eigenvalue weighted by Crippen LogP contribution is 2.25. The van der Waals surface area contributed by atoms with Crippen LogP contribution in [0.1, 0.15) is 25.0 Å². The number of fused-ring (bicyclic) bond motifs is 1. The molecular weight excluding hydrogens is 276 g/mol. The van der Waals surface area contributed by atoms with Crippen molar-refractivity contribution in [2.75, 3.05) is 20.1 Å². The zero-order valence-corrected chi connectivity index (χ0v) is 13.0. The molecule has 0 atom stereocenters. The predicted octanol–water partition coefficient (Wildman–Crippen LogP) is 0.724. The molecule has 0 aliphatic carbocycles. The lowest BCUT2D eigenvalue weighted by Crippen LogP contribution is -2.40. The summed E-state index contributed by atoms with van der Waals surface area (Å²) in [5.41, 5.74) is 0.876. The van der Waals surface area contributed by atoms with Crippen LogP contribution in [-0.2, 0) is 23.0 Å². The molecule has 0 spiro atoms. The number of likely N-dealkylation sites (N-methyl/N-ethyl adjacent to an activating group) is 1. The maximum absolute atomic E-state index is 12.7. The van der Waals surface area contributed by atoms with Crippen LogP contribution in [0.15, 0.2) is 23.1 Å². The van der Waals surface area contributed by atoms with Gasteiger partial charge in [0.25, 0.3) is 0 Å². The van der Waals surface area contributed by atoms with E-state index in [2.05, 4.69) is 5.32 Å². The third-order valence-electron chi connectivity index (χ3n) is 3.40. The fraction of sp³-hybridized carbons (Fsp3) is 0.571. The van der Waals surface area contributed by atoms with Gasteiger partial charge in [0.2, 0.25) is 10.0 Å². The Morgan fingerprint density at radius 1 is 1.40 bits per heavy atom. The molecule has 5 nitrogen and oxygen atoms in total. The molecule has 2 N–H and O–H groups in total. The van der Waals surface area contributed by atoms with E-state index < -0.39 is 15.6 Å². The largest absolute Gasteiger partial charge is 0.389 e. The monoisotopic (exact) mass is 298 g/mol. The van der Waals surface area contributed by atoms with Crippen LogP contribution >= 0.6 is 0 Å². The van der Waals surface area contributed by atoms with Crippen molar-refractivity contribution in [2.45, 2.75) is 37.3 Å². The average molecular weight is 298 g/mol. The summed E-state index contributed by atoms with van der Waals surface area (Å²) in [5, 5.41) is 13.1. The lowest BCUT2D eigenvalue weighted by atomic mass is 10.0. The highest BCUT2D eigenvalue weighted by atomic mass is 32.2. The maximum Gasteiger partial charge on any atom is 0.243 e. The van der Waals surface area contributed by atoms with Crippen molar-refractivity contribution < 1.29 is 13.5 Å². The van der Waals surface area contributed by atoms with Crippen molar-refractivity contribution in [1.29, 1.82) is 0 Å². The van der Waals surface area contributed by atoms with Gasteiger partial charge in [-0.05, 0) is 44.0 Å². The van der Waals surface area contributed by atoms with Crippen molar-refractivity contribution in [3.63, 3.8) is 0 Å². The number of aliphatic hydroxyl groups is 1. The van der Waals surface area contributed by atoms with Crippen molar-refractivity contribution in [3.8, 4) is 0 Å². The van der Waals surface area contributed by atoms with Gasteiger partial charge in [-0.25, -0.2) is 8.42 Å². The molecule has 0 saturated heterocycles. The Kier molecular flexibility index (Phi) is 4.20. The first-order valence-corrected chi connectivity index (χ1v) is 8.16. The first-order chi connectivity index (χ1) is 9.22. The van der Waals surface area contributed by atoms with Gasteiger partial charge >= 0.3 is 0 Å². The predicted molar refractivity (Wildman–Crippen MR) is 78.0 cm³/mol. The molecule has 0 amide bonds. The first kappa shape index (κ1) is 15.4. The number of rotatable bonds is 4. The Hall–Kier alpha value is -0.950. The van der Waals surface area contributed by atoms with E-state index >= 15 is 0 Å². The molecule has 6 heteroatoms. The highest BCUT2D eigenvalue weighted by molar-refractivity contribution is 7.89. The van der Waals surface area contributed by atoms with Gasteiger partial charge in [-0.3, -0.25) is 0 Å². The maximum atomic E-state index is 12.7. The molecule has 2 rings (SSSR count). The Balaban J connectivity index is 2.40. The summed E-state index contributed by atoms with van der Waals surface area (Å²) < 4.78 is 26.6. The Morgan fingerprint density at radius 2 is 2.10 bits per heavy atom. The van der Waals surface area contributed by atoms with Gasteiger partial charge in [-0.15, -0.1) is 0 Å². The summed E-state index contributed by atoms with van der Waals surface area (Å²) in [6, 6.07) is 5.38. The summed E-state index contributed by atoms with van der Waals surface area (Å²) in [6.07, 6.45) is 0.709. The second-order valence-electron chi connectivity index (χ2n) is 5.89. The molecule has 0 fully saturated rings. The molecule has 1 heterocycles. The molecule has 20 heavy (non-hydrogen) atoms. The van der Waals surface area contributed by atoms with E-state index in [-0.39, 0.29) is 6.54 Å². The van der Waals surface area contributed by atoms with E-state index in [0.29, 0.717) is 17.9 Å². The molecule has 1 aliphatic heterocycles. The summed E-state index contributed by atoms with van der Waals surface area (Å²) in [6.45, 7) is 4.76. The SMILES string of the molecule is CN(CC(C)(C)O)S(=O)(=O)c1cccc2c1CCNC2. The second-order valence-corrected chi connectivity index (χ2v) is 7.91. The number of nitrogens with zero attached hydrogens (tertiary/aromatic N) is 1. The van der Waals surface area contributed by atoms with Crippen molar-refractivity contribution in [3.05, 3.63) is 29.3 Å². The fourth-order valence-electron chi connectivity index (χ4n) is 2.54. The Labute approximate surface area is 120 Å². The minimum atomic E-state index is -3.57. The quantitative estimate of drug-likeness (QED) is 0.859. The molecule has 1 aliphatic rings. The zero-order valence-electron chi connectivity index (χ0n) is 12.2. The summed E-state index contributed by atoms with van der Waals surface area (Å²) >= 11 is 0. The van der Waals surface area contributed by atoms with Crippen molar-refractivity contribution >= 4 is 10.0 Å². The van der Waals surface area contributed by atoms with E-state index in [9.17, 15) is 13.5 Å². The van der Waals surface area contributed by atoms with Gasteiger partial charge in [-0.2, -0.15) is 4.31 Å². The molecule has 1 aromatic carbocycles. The van der Waals surface area contributed by atoms with Crippen LogP contribution in [0, 0.1) is 0 Å². The molecule has 0 saturated carbocycles.